The lowest BCUT2D eigenvalue weighted by Crippen LogP contribution is -2.30. The number of phenolic OH excluding ortho intramolecular Hbond substituents is 1. The highest BCUT2D eigenvalue weighted by Crippen LogP contribution is 2.47. The summed E-state index contributed by atoms with van der Waals surface area (Å²) in [6, 6.07) is 10.4. The second-order valence-corrected chi connectivity index (χ2v) is 7.83. The Morgan fingerprint density at radius 2 is 1.81 bits per heavy atom. The molecule has 1 amide bonds. The van der Waals surface area contributed by atoms with Crippen molar-refractivity contribution in [3.8, 4) is 28.5 Å². The summed E-state index contributed by atoms with van der Waals surface area (Å²) in [4.78, 5) is 15.1. The van der Waals surface area contributed by atoms with E-state index in [0.29, 0.717) is 23.0 Å². The summed E-state index contributed by atoms with van der Waals surface area (Å²) >= 11 is 6.06. The molecule has 4 rings (SSSR count). The lowest BCUT2D eigenvalue weighted by atomic mass is 9.95. The number of aromatic amines is 1. The number of aromatic nitrogens is 2. The van der Waals surface area contributed by atoms with Crippen LogP contribution < -0.4 is 9.47 Å². The number of halogens is 1. The van der Waals surface area contributed by atoms with E-state index in [0.717, 1.165) is 29.5 Å². The van der Waals surface area contributed by atoms with Crippen LogP contribution in [0.3, 0.4) is 0 Å². The molecule has 0 spiro atoms. The number of hydrogen-bond acceptors (Lipinski definition) is 5. The zero-order chi connectivity index (χ0) is 22.1. The molecule has 8 heteroatoms. The topological polar surface area (TPSA) is 87.7 Å². The van der Waals surface area contributed by atoms with Crippen LogP contribution in [0.15, 0.2) is 36.4 Å². The van der Waals surface area contributed by atoms with Gasteiger partial charge in [0.25, 0.3) is 5.91 Å². The van der Waals surface area contributed by atoms with Gasteiger partial charge in [-0.2, -0.15) is 5.10 Å². The molecule has 31 heavy (non-hydrogen) atoms. The first kappa shape index (κ1) is 21.1. The summed E-state index contributed by atoms with van der Waals surface area (Å²) in [7, 11) is 2.96. The highest BCUT2D eigenvalue weighted by Gasteiger charge is 2.42. The summed E-state index contributed by atoms with van der Waals surface area (Å²) in [6.07, 6.45) is 1.82. The minimum Gasteiger partial charge on any atom is -0.502 e. The molecule has 1 aliphatic rings. The molecule has 2 aromatic carbocycles. The fourth-order valence-electron chi connectivity index (χ4n) is 4.00. The standard InChI is InChI=1S/C23H24ClN3O4/c1-4-5-10-27-21(14-11-16(30-2)22(28)17(12-14)31-3)18-19(25-26-20(18)23(27)29)13-6-8-15(24)9-7-13/h6-9,11-12,21,28H,4-5,10H2,1-3H3,(H,25,26). The Kier molecular flexibility index (Phi) is 5.78. The van der Waals surface area contributed by atoms with Crippen molar-refractivity contribution in [1.29, 1.82) is 0 Å². The Morgan fingerprint density at radius 1 is 1.16 bits per heavy atom. The Labute approximate surface area is 185 Å². The molecule has 162 valence electrons. The summed E-state index contributed by atoms with van der Waals surface area (Å²) in [5.41, 5.74) is 3.58. The van der Waals surface area contributed by atoms with Gasteiger partial charge in [-0.1, -0.05) is 37.1 Å². The lowest BCUT2D eigenvalue weighted by molar-refractivity contribution is 0.0741. The van der Waals surface area contributed by atoms with Crippen LogP contribution in [0.1, 0.15) is 47.4 Å². The maximum Gasteiger partial charge on any atom is 0.273 e. The minimum atomic E-state index is -0.401. The first-order valence-electron chi connectivity index (χ1n) is 10.1. The number of aromatic hydroxyl groups is 1. The number of methoxy groups -OCH3 is 2. The van der Waals surface area contributed by atoms with Gasteiger partial charge in [-0.25, -0.2) is 0 Å². The van der Waals surface area contributed by atoms with E-state index in [1.807, 2.05) is 17.0 Å². The highest BCUT2D eigenvalue weighted by atomic mass is 35.5. The third-order valence-corrected chi connectivity index (χ3v) is 5.80. The zero-order valence-corrected chi connectivity index (χ0v) is 18.4. The van der Waals surface area contributed by atoms with Crippen molar-refractivity contribution in [3.05, 3.63) is 58.2 Å². The van der Waals surface area contributed by atoms with E-state index in [9.17, 15) is 9.90 Å². The molecule has 1 aliphatic heterocycles. The van der Waals surface area contributed by atoms with Gasteiger partial charge in [-0.3, -0.25) is 9.89 Å². The molecule has 0 saturated carbocycles. The lowest BCUT2D eigenvalue weighted by Gasteiger charge is -2.27. The molecule has 0 radical (unpaired) electrons. The van der Waals surface area contributed by atoms with E-state index in [4.69, 9.17) is 21.1 Å². The van der Waals surface area contributed by atoms with Crippen LogP contribution in [0, 0.1) is 0 Å². The van der Waals surface area contributed by atoms with Crippen molar-refractivity contribution in [2.24, 2.45) is 0 Å². The molecular formula is C23H24ClN3O4. The number of benzene rings is 2. The number of hydrogen-bond donors (Lipinski definition) is 2. The Hall–Kier alpha value is -3.19. The first-order valence-corrected chi connectivity index (χ1v) is 10.5. The monoisotopic (exact) mass is 441 g/mol. The third-order valence-electron chi connectivity index (χ3n) is 5.55. The number of phenols is 1. The maximum absolute atomic E-state index is 13.3. The van der Waals surface area contributed by atoms with Crippen LogP contribution in [0.25, 0.3) is 11.3 Å². The zero-order valence-electron chi connectivity index (χ0n) is 17.6. The molecule has 3 aromatic rings. The van der Waals surface area contributed by atoms with E-state index in [1.54, 1.807) is 24.3 Å². The number of carbonyl (C=O) groups is 1. The van der Waals surface area contributed by atoms with Gasteiger partial charge in [0.05, 0.1) is 26.0 Å². The van der Waals surface area contributed by atoms with Gasteiger partial charge in [0.15, 0.2) is 11.5 Å². The first-order chi connectivity index (χ1) is 15.0. The maximum atomic E-state index is 13.3. The predicted octanol–water partition coefficient (Wildman–Crippen LogP) is 4.80. The molecule has 0 bridgehead atoms. The van der Waals surface area contributed by atoms with Crippen LogP contribution in [-0.4, -0.2) is 46.9 Å². The SMILES string of the molecule is CCCCN1C(=O)c2[nH]nc(-c3ccc(Cl)cc3)c2C1c1cc(OC)c(O)c(OC)c1. The van der Waals surface area contributed by atoms with Crippen LogP contribution in [0.4, 0.5) is 0 Å². The highest BCUT2D eigenvalue weighted by molar-refractivity contribution is 6.30. The number of rotatable bonds is 7. The number of nitrogens with zero attached hydrogens (tertiary/aromatic N) is 2. The number of nitrogens with one attached hydrogen (secondary N) is 1. The average Bonchev–Trinajstić information content (AvgIpc) is 3.32. The number of fused-ring (bicyclic) bond motifs is 1. The van der Waals surface area contributed by atoms with Gasteiger partial charge in [-0.15, -0.1) is 0 Å². The number of ether oxygens (including phenoxy) is 2. The molecule has 1 aromatic heterocycles. The summed E-state index contributed by atoms with van der Waals surface area (Å²) < 4.78 is 10.7. The number of carbonyl (C=O) groups excluding carboxylic acids is 1. The van der Waals surface area contributed by atoms with E-state index < -0.39 is 6.04 Å². The van der Waals surface area contributed by atoms with Gasteiger partial charge in [0, 0.05) is 22.7 Å². The summed E-state index contributed by atoms with van der Waals surface area (Å²) in [6.45, 7) is 2.68. The van der Waals surface area contributed by atoms with Crippen molar-refractivity contribution in [1.82, 2.24) is 15.1 Å². The second-order valence-electron chi connectivity index (χ2n) is 7.40. The van der Waals surface area contributed by atoms with Crippen molar-refractivity contribution in [2.75, 3.05) is 20.8 Å². The molecule has 1 unspecified atom stereocenters. The predicted molar refractivity (Wildman–Crippen MR) is 118 cm³/mol. The summed E-state index contributed by atoms with van der Waals surface area (Å²) in [5, 5.41) is 18.4. The number of H-pyrrole nitrogens is 1. The van der Waals surface area contributed by atoms with Gasteiger partial charge in [0.2, 0.25) is 5.75 Å². The van der Waals surface area contributed by atoms with Gasteiger partial charge < -0.3 is 19.5 Å². The molecule has 2 N–H and O–H groups in total. The summed E-state index contributed by atoms with van der Waals surface area (Å²) in [5.74, 6) is 0.375. The fourth-order valence-corrected chi connectivity index (χ4v) is 4.13. The average molecular weight is 442 g/mol. The number of amides is 1. The van der Waals surface area contributed by atoms with E-state index in [2.05, 4.69) is 17.1 Å². The molecule has 0 saturated heterocycles. The largest absolute Gasteiger partial charge is 0.502 e. The van der Waals surface area contributed by atoms with Crippen molar-refractivity contribution >= 4 is 17.5 Å². The molecule has 1 atom stereocenters. The Balaban J connectivity index is 1.91. The number of unbranched alkanes of at least 4 members (excludes halogenated alkanes) is 1. The normalized spacial score (nSPS) is 15.3. The van der Waals surface area contributed by atoms with Crippen LogP contribution in [0.5, 0.6) is 17.2 Å². The van der Waals surface area contributed by atoms with Crippen molar-refractivity contribution in [3.63, 3.8) is 0 Å². The molecule has 0 fully saturated rings. The van der Waals surface area contributed by atoms with Crippen molar-refractivity contribution in [2.45, 2.75) is 25.8 Å². The Morgan fingerprint density at radius 3 is 2.39 bits per heavy atom. The van der Waals surface area contributed by atoms with Crippen LogP contribution >= 0.6 is 11.6 Å². The smallest absolute Gasteiger partial charge is 0.273 e. The second kappa shape index (κ2) is 8.51. The minimum absolute atomic E-state index is 0.0801. The Bertz CT molecular complexity index is 1090. The van der Waals surface area contributed by atoms with E-state index in [1.165, 1.54) is 14.2 Å². The van der Waals surface area contributed by atoms with E-state index >= 15 is 0 Å². The third kappa shape index (κ3) is 3.59. The van der Waals surface area contributed by atoms with Crippen LogP contribution in [0.2, 0.25) is 5.02 Å². The molecule has 0 aliphatic carbocycles. The van der Waals surface area contributed by atoms with Crippen molar-refractivity contribution < 1.29 is 19.4 Å². The fraction of sp³-hybridized carbons (Fsp3) is 0.304. The molecular weight excluding hydrogens is 418 g/mol. The van der Waals surface area contributed by atoms with Gasteiger partial charge in [-0.05, 0) is 36.2 Å². The molecule has 7 nitrogen and oxygen atoms in total. The quantitative estimate of drug-likeness (QED) is 0.550. The van der Waals surface area contributed by atoms with Gasteiger partial charge in [0.1, 0.15) is 5.69 Å². The molecule has 2 heterocycles. The van der Waals surface area contributed by atoms with E-state index in [-0.39, 0.29) is 23.2 Å². The van der Waals surface area contributed by atoms with Crippen LogP contribution in [-0.2, 0) is 0 Å². The van der Waals surface area contributed by atoms with Gasteiger partial charge >= 0.3 is 0 Å².